The van der Waals surface area contributed by atoms with E-state index in [0.29, 0.717) is 5.78 Å². The summed E-state index contributed by atoms with van der Waals surface area (Å²) in [6.45, 7) is 10.9. The van der Waals surface area contributed by atoms with Gasteiger partial charge >= 0.3 is 0 Å². The SMILES string of the molecule is CCOCCN(CC)CC1CC(CC)CCC1=O. The second-order valence-corrected chi connectivity index (χ2v) is 5.30. The molecule has 0 aliphatic heterocycles. The molecule has 0 aromatic carbocycles. The lowest BCUT2D eigenvalue weighted by atomic mass is 9.79. The van der Waals surface area contributed by atoms with Crippen LogP contribution in [0.5, 0.6) is 0 Å². The maximum atomic E-state index is 12.0. The van der Waals surface area contributed by atoms with Gasteiger partial charge in [-0.1, -0.05) is 20.3 Å². The van der Waals surface area contributed by atoms with Gasteiger partial charge in [-0.25, -0.2) is 0 Å². The zero-order valence-corrected chi connectivity index (χ0v) is 12.3. The molecule has 2 atom stereocenters. The van der Waals surface area contributed by atoms with Crippen LogP contribution in [-0.4, -0.2) is 43.5 Å². The Hall–Kier alpha value is -0.410. The molecule has 3 heteroatoms. The van der Waals surface area contributed by atoms with Crippen LogP contribution in [0, 0.1) is 11.8 Å². The van der Waals surface area contributed by atoms with Gasteiger partial charge in [0.15, 0.2) is 0 Å². The number of carbonyl (C=O) groups is 1. The van der Waals surface area contributed by atoms with Gasteiger partial charge in [0, 0.05) is 32.0 Å². The van der Waals surface area contributed by atoms with Crippen molar-refractivity contribution in [3.63, 3.8) is 0 Å². The lowest BCUT2D eigenvalue weighted by Crippen LogP contribution is -2.38. The van der Waals surface area contributed by atoms with E-state index in [0.717, 1.165) is 58.0 Å². The van der Waals surface area contributed by atoms with Gasteiger partial charge in [-0.3, -0.25) is 4.79 Å². The Kier molecular flexibility index (Phi) is 7.52. The van der Waals surface area contributed by atoms with Gasteiger partial charge in [0.2, 0.25) is 0 Å². The molecular formula is C15H29NO2. The number of rotatable bonds is 8. The summed E-state index contributed by atoms with van der Waals surface area (Å²) in [5.41, 5.74) is 0. The van der Waals surface area contributed by atoms with E-state index in [2.05, 4.69) is 18.7 Å². The summed E-state index contributed by atoms with van der Waals surface area (Å²) in [5, 5.41) is 0. The monoisotopic (exact) mass is 255 g/mol. The first kappa shape index (κ1) is 15.6. The van der Waals surface area contributed by atoms with Crippen LogP contribution in [0.3, 0.4) is 0 Å². The third-order valence-corrected chi connectivity index (χ3v) is 4.13. The Morgan fingerprint density at radius 1 is 1.33 bits per heavy atom. The van der Waals surface area contributed by atoms with Crippen molar-refractivity contribution in [2.45, 2.75) is 46.5 Å². The van der Waals surface area contributed by atoms with Crippen LogP contribution >= 0.6 is 0 Å². The largest absolute Gasteiger partial charge is 0.380 e. The molecule has 0 heterocycles. The highest BCUT2D eigenvalue weighted by Gasteiger charge is 2.28. The number of carbonyl (C=O) groups excluding carboxylic acids is 1. The fourth-order valence-corrected chi connectivity index (χ4v) is 2.78. The standard InChI is InChI=1S/C15H29NO2/c1-4-13-7-8-15(17)14(11-13)12-16(5-2)9-10-18-6-3/h13-14H,4-12H2,1-3H3. The molecule has 0 saturated heterocycles. The van der Waals surface area contributed by atoms with E-state index < -0.39 is 0 Å². The highest BCUT2D eigenvalue weighted by Crippen LogP contribution is 2.29. The number of likely N-dealkylation sites (N-methyl/N-ethyl adjacent to an activating group) is 1. The van der Waals surface area contributed by atoms with E-state index in [4.69, 9.17) is 4.74 Å². The average molecular weight is 255 g/mol. The molecule has 1 fully saturated rings. The van der Waals surface area contributed by atoms with E-state index in [1.165, 1.54) is 6.42 Å². The summed E-state index contributed by atoms with van der Waals surface area (Å²) in [4.78, 5) is 14.3. The fraction of sp³-hybridized carbons (Fsp3) is 0.933. The molecule has 1 saturated carbocycles. The predicted molar refractivity (Wildman–Crippen MR) is 74.7 cm³/mol. The zero-order valence-electron chi connectivity index (χ0n) is 12.3. The van der Waals surface area contributed by atoms with Crippen LogP contribution in [0.1, 0.15) is 46.5 Å². The van der Waals surface area contributed by atoms with Crippen molar-refractivity contribution in [1.29, 1.82) is 0 Å². The van der Waals surface area contributed by atoms with Gasteiger partial charge in [0.1, 0.15) is 5.78 Å². The molecule has 106 valence electrons. The van der Waals surface area contributed by atoms with Crippen LogP contribution in [0.2, 0.25) is 0 Å². The molecule has 0 amide bonds. The minimum atomic E-state index is 0.269. The van der Waals surface area contributed by atoms with Gasteiger partial charge in [-0.15, -0.1) is 0 Å². The summed E-state index contributed by atoms with van der Waals surface area (Å²) in [5.74, 6) is 1.51. The molecule has 1 aliphatic rings. The third-order valence-electron chi connectivity index (χ3n) is 4.13. The number of ketones is 1. The Morgan fingerprint density at radius 2 is 2.11 bits per heavy atom. The molecule has 2 unspecified atom stereocenters. The van der Waals surface area contributed by atoms with E-state index in [1.54, 1.807) is 0 Å². The van der Waals surface area contributed by atoms with Crippen LogP contribution in [0.4, 0.5) is 0 Å². The van der Waals surface area contributed by atoms with Crippen LogP contribution < -0.4 is 0 Å². The molecule has 1 aliphatic carbocycles. The fourth-order valence-electron chi connectivity index (χ4n) is 2.78. The van der Waals surface area contributed by atoms with E-state index in [1.807, 2.05) is 6.92 Å². The van der Waals surface area contributed by atoms with Gasteiger partial charge in [0.25, 0.3) is 0 Å². The number of hydrogen-bond donors (Lipinski definition) is 0. The maximum absolute atomic E-state index is 12.0. The summed E-state index contributed by atoms with van der Waals surface area (Å²) in [6, 6.07) is 0. The van der Waals surface area contributed by atoms with Crippen molar-refractivity contribution in [2.24, 2.45) is 11.8 Å². The molecule has 0 radical (unpaired) electrons. The summed E-state index contributed by atoms with van der Waals surface area (Å²) >= 11 is 0. The van der Waals surface area contributed by atoms with Crippen LogP contribution in [-0.2, 0) is 9.53 Å². The number of ether oxygens (including phenoxy) is 1. The van der Waals surface area contributed by atoms with E-state index >= 15 is 0 Å². The molecule has 0 bridgehead atoms. The lowest BCUT2D eigenvalue weighted by Gasteiger charge is -2.31. The molecule has 0 aromatic heterocycles. The van der Waals surface area contributed by atoms with E-state index in [9.17, 15) is 4.79 Å². The van der Waals surface area contributed by atoms with Crippen molar-refractivity contribution in [1.82, 2.24) is 4.90 Å². The maximum Gasteiger partial charge on any atom is 0.137 e. The topological polar surface area (TPSA) is 29.5 Å². The summed E-state index contributed by atoms with van der Waals surface area (Å²) in [6.07, 6.45) is 4.22. The Balaban J connectivity index is 2.38. The molecule has 0 spiro atoms. The first-order chi connectivity index (χ1) is 8.71. The van der Waals surface area contributed by atoms with Crippen molar-refractivity contribution >= 4 is 5.78 Å². The molecular weight excluding hydrogens is 226 g/mol. The summed E-state index contributed by atoms with van der Waals surface area (Å²) in [7, 11) is 0. The molecule has 18 heavy (non-hydrogen) atoms. The first-order valence-corrected chi connectivity index (χ1v) is 7.53. The molecule has 3 nitrogen and oxygen atoms in total. The smallest absolute Gasteiger partial charge is 0.137 e. The minimum Gasteiger partial charge on any atom is -0.380 e. The van der Waals surface area contributed by atoms with Crippen molar-refractivity contribution in [2.75, 3.05) is 32.8 Å². The Bertz CT molecular complexity index is 243. The average Bonchev–Trinajstić information content (AvgIpc) is 2.40. The molecule has 0 aromatic rings. The predicted octanol–water partition coefficient (Wildman–Crippen LogP) is 2.74. The van der Waals surface area contributed by atoms with Gasteiger partial charge in [-0.05, 0) is 32.2 Å². The highest BCUT2D eigenvalue weighted by molar-refractivity contribution is 5.81. The number of nitrogens with zero attached hydrogens (tertiary/aromatic N) is 1. The lowest BCUT2D eigenvalue weighted by molar-refractivity contribution is -0.126. The third kappa shape index (κ3) is 5.07. The second kappa shape index (κ2) is 8.65. The van der Waals surface area contributed by atoms with Crippen molar-refractivity contribution in [3.05, 3.63) is 0 Å². The van der Waals surface area contributed by atoms with Crippen LogP contribution in [0.15, 0.2) is 0 Å². The highest BCUT2D eigenvalue weighted by atomic mass is 16.5. The number of hydrogen-bond acceptors (Lipinski definition) is 3. The number of Topliss-reactive ketones (excluding diaryl/α,β-unsaturated/α-hetero) is 1. The summed E-state index contributed by atoms with van der Waals surface area (Å²) < 4.78 is 5.40. The normalized spacial score (nSPS) is 24.8. The van der Waals surface area contributed by atoms with Gasteiger partial charge < -0.3 is 9.64 Å². The van der Waals surface area contributed by atoms with Crippen molar-refractivity contribution in [3.8, 4) is 0 Å². The van der Waals surface area contributed by atoms with Gasteiger partial charge in [-0.2, -0.15) is 0 Å². The Morgan fingerprint density at radius 3 is 2.72 bits per heavy atom. The van der Waals surface area contributed by atoms with Crippen LogP contribution in [0.25, 0.3) is 0 Å². The quantitative estimate of drug-likeness (QED) is 0.625. The minimum absolute atomic E-state index is 0.269. The van der Waals surface area contributed by atoms with Crippen molar-refractivity contribution < 1.29 is 9.53 Å². The second-order valence-electron chi connectivity index (χ2n) is 5.30. The van der Waals surface area contributed by atoms with E-state index in [-0.39, 0.29) is 5.92 Å². The Labute approximate surface area is 112 Å². The van der Waals surface area contributed by atoms with Gasteiger partial charge in [0.05, 0.1) is 6.61 Å². The molecule has 1 rings (SSSR count). The zero-order chi connectivity index (χ0) is 13.4. The first-order valence-electron chi connectivity index (χ1n) is 7.53. The molecule has 0 N–H and O–H groups in total.